The zero-order valence-electron chi connectivity index (χ0n) is 18.9. The lowest BCUT2D eigenvalue weighted by Crippen LogP contribution is -2.59. The minimum absolute atomic E-state index is 0.00337. The van der Waals surface area contributed by atoms with Gasteiger partial charge in [-0.05, 0) is 36.2 Å². The van der Waals surface area contributed by atoms with Crippen molar-refractivity contribution < 1.29 is 27.6 Å². The first-order valence-corrected chi connectivity index (χ1v) is 11.5. The van der Waals surface area contributed by atoms with E-state index in [1.807, 2.05) is 4.90 Å². The summed E-state index contributed by atoms with van der Waals surface area (Å²) in [5.41, 5.74) is 1.47. The minimum Gasteiger partial charge on any atom is -0.377 e. The largest absolute Gasteiger partial charge is 0.416 e. The summed E-state index contributed by atoms with van der Waals surface area (Å²) < 4.78 is 45.0. The summed E-state index contributed by atoms with van der Waals surface area (Å²) in [7, 11) is 0. The van der Waals surface area contributed by atoms with Crippen LogP contribution in [0.3, 0.4) is 0 Å². The summed E-state index contributed by atoms with van der Waals surface area (Å²) in [5, 5.41) is 11.3. The van der Waals surface area contributed by atoms with E-state index in [1.165, 1.54) is 12.1 Å². The Morgan fingerprint density at radius 3 is 2.54 bits per heavy atom. The van der Waals surface area contributed by atoms with Gasteiger partial charge in [0.2, 0.25) is 5.91 Å². The summed E-state index contributed by atoms with van der Waals surface area (Å²) in [4.78, 5) is 30.2. The Kier molecular flexibility index (Phi) is 6.04. The molecule has 0 unspecified atom stereocenters. The number of ether oxygens (including phenoxy) is 1. The Hall–Kier alpha value is -3.34. The van der Waals surface area contributed by atoms with Crippen LogP contribution in [0.25, 0.3) is 0 Å². The molecule has 11 heteroatoms. The topological polar surface area (TPSA) is 79.2 Å². The van der Waals surface area contributed by atoms with Crippen LogP contribution < -0.4 is 9.80 Å². The zero-order chi connectivity index (χ0) is 24.7. The molecule has 2 atom stereocenters. The number of benzene rings is 2. The van der Waals surface area contributed by atoms with E-state index >= 15 is 0 Å². The number of carbonyl (C=O) groups excluding carboxylic acids is 1. The number of halogens is 3. The highest BCUT2D eigenvalue weighted by molar-refractivity contribution is 5.82. The molecule has 8 nitrogen and oxygen atoms in total. The Labute approximate surface area is 200 Å². The highest BCUT2D eigenvalue weighted by atomic mass is 19.4. The molecule has 5 rings (SSSR count). The van der Waals surface area contributed by atoms with Crippen LogP contribution in [0.5, 0.6) is 0 Å². The van der Waals surface area contributed by atoms with Gasteiger partial charge in [0.1, 0.15) is 0 Å². The molecule has 0 bridgehead atoms. The molecule has 2 aromatic rings. The van der Waals surface area contributed by atoms with Gasteiger partial charge in [0.25, 0.3) is 5.69 Å². The van der Waals surface area contributed by atoms with Crippen LogP contribution in [0, 0.1) is 16.0 Å². The SMILES string of the molecule is O=C([C@@H]1Cc2cc([N+](=O)[O-])ccc2N2CCOC[C@@H]12)N1CCN(c2cccc(C(F)(F)F)c2)CC1. The van der Waals surface area contributed by atoms with Crippen LogP contribution in [0.2, 0.25) is 0 Å². The van der Waals surface area contributed by atoms with Gasteiger partial charge in [0.05, 0.1) is 35.7 Å². The summed E-state index contributed by atoms with van der Waals surface area (Å²) in [5.74, 6) is -0.462. The summed E-state index contributed by atoms with van der Waals surface area (Å²) in [6, 6.07) is 9.85. The molecule has 2 fully saturated rings. The number of piperazine rings is 1. The maximum absolute atomic E-state index is 13.6. The molecule has 35 heavy (non-hydrogen) atoms. The zero-order valence-corrected chi connectivity index (χ0v) is 18.9. The van der Waals surface area contributed by atoms with Crippen molar-refractivity contribution in [2.75, 3.05) is 55.7 Å². The predicted molar refractivity (Wildman–Crippen MR) is 122 cm³/mol. The average molecular weight is 490 g/mol. The Morgan fingerprint density at radius 2 is 1.83 bits per heavy atom. The fraction of sp³-hybridized carbons (Fsp3) is 0.458. The minimum atomic E-state index is -4.41. The number of anilines is 2. The van der Waals surface area contributed by atoms with Crippen molar-refractivity contribution in [2.24, 2.45) is 5.92 Å². The highest BCUT2D eigenvalue weighted by Gasteiger charge is 2.42. The lowest BCUT2D eigenvalue weighted by molar-refractivity contribution is -0.384. The number of non-ortho nitro benzene ring substituents is 1. The second kappa shape index (κ2) is 9.03. The third kappa shape index (κ3) is 4.52. The van der Waals surface area contributed by atoms with E-state index in [2.05, 4.69) is 4.90 Å². The number of alkyl halides is 3. The first-order chi connectivity index (χ1) is 16.7. The van der Waals surface area contributed by atoms with E-state index in [-0.39, 0.29) is 17.6 Å². The molecule has 1 amide bonds. The smallest absolute Gasteiger partial charge is 0.377 e. The number of rotatable bonds is 3. The molecule has 0 aromatic heterocycles. The van der Waals surface area contributed by atoms with Crippen molar-refractivity contribution in [3.8, 4) is 0 Å². The van der Waals surface area contributed by atoms with Crippen LogP contribution in [-0.4, -0.2) is 67.7 Å². The van der Waals surface area contributed by atoms with E-state index in [4.69, 9.17) is 4.74 Å². The van der Waals surface area contributed by atoms with E-state index in [1.54, 1.807) is 23.1 Å². The van der Waals surface area contributed by atoms with Gasteiger partial charge in [-0.25, -0.2) is 0 Å². The number of hydrogen-bond acceptors (Lipinski definition) is 6. The molecular weight excluding hydrogens is 465 g/mol. The van der Waals surface area contributed by atoms with Crippen molar-refractivity contribution in [1.29, 1.82) is 0 Å². The Morgan fingerprint density at radius 1 is 1.06 bits per heavy atom. The first-order valence-electron chi connectivity index (χ1n) is 11.5. The number of hydrogen-bond donors (Lipinski definition) is 0. The molecule has 0 saturated carbocycles. The highest BCUT2D eigenvalue weighted by Crippen LogP contribution is 2.38. The lowest BCUT2D eigenvalue weighted by Gasteiger charge is -2.47. The van der Waals surface area contributed by atoms with Crippen molar-refractivity contribution in [2.45, 2.75) is 18.6 Å². The second-order valence-corrected chi connectivity index (χ2v) is 9.08. The maximum Gasteiger partial charge on any atom is 0.416 e. The number of morpholine rings is 1. The van der Waals surface area contributed by atoms with Crippen LogP contribution in [0.15, 0.2) is 42.5 Å². The van der Waals surface area contributed by atoms with E-state index in [0.29, 0.717) is 58.0 Å². The lowest BCUT2D eigenvalue weighted by atomic mass is 9.83. The summed E-state index contributed by atoms with van der Waals surface area (Å²) in [6.45, 7) is 3.14. The van der Waals surface area contributed by atoms with Crippen molar-refractivity contribution in [3.05, 3.63) is 63.7 Å². The molecule has 0 spiro atoms. The number of nitro benzene ring substituents is 1. The van der Waals surface area contributed by atoms with Gasteiger partial charge in [-0.3, -0.25) is 14.9 Å². The van der Waals surface area contributed by atoms with Crippen LogP contribution in [-0.2, 0) is 22.1 Å². The van der Waals surface area contributed by atoms with Crippen LogP contribution in [0.4, 0.5) is 30.2 Å². The van der Waals surface area contributed by atoms with Gasteiger partial charge in [0.15, 0.2) is 0 Å². The molecular formula is C24H25F3N4O4. The molecule has 0 N–H and O–H groups in total. The number of carbonyl (C=O) groups is 1. The fourth-order valence-corrected chi connectivity index (χ4v) is 5.31. The molecule has 3 aliphatic heterocycles. The molecule has 2 saturated heterocycles. The average Bonchev–Trinajstić information content (AvgIpc) is 2.87. The predicted octanol–water partition coefficient (Wildman–Crippen LogP) is 3.34. The van der Waals surface area contributed by atoms with Crippen molar-refractivity contribution in [1.82, 2.24) is 4.90 Å². The molecule has 3 aliphatic rings. The maximum atomic E-state index is 13.6. The van der Waals surface area contributed by atoms with Crippen LogP contribution in [0.1, 0.15) is 11.1 Å². The summed E-state index contributed by atoms with van der Waals surface area (Å²) in [6.07, 6.45) is -4.03. The van der Waals surface area contributed by atoms with Gasteiger partial charge in [-0.2, -0.15) is 13.2 Å². The van der Waals surface area contributed by atoms with E-state index in [9.17, 15) is 28.1 Å². The molecule has 186 valence electrons. The normalized spacial score (nSPS) is 22.4. The fourth-order valence-electron chi connectivity index (χ4n) is 5.31. The Balaban J connectivity index is 1.32. The van der Waals surface area contributed by atoms with Gasteiger partial charge in [-0.15, -0.1) is 0 Å². The van der Waals surface area contributed by atoms with Gasteiger partial charge in [-0.1, -0.05) is 6.07 Å². The molecule has 3 heterocycles. The van der Waals surface area contributed by atoms with Gasteiger partial charge >= 0.3 is 6.18 Å². The van der Waals surface area contributed by atoms with E-state index < -0.39 is 22.6 Å². The number of nitro groups is 1. The first kappa shape index (κ1) is 23.4. The second-order valence-electron chi connectivity index (χ2n) is 9.08. The number of nitrogens with zero attached hydrogens (tertiary/aromatic N) is 4. The van der Waals surface area contributed by atoms with Crippen LogP contribution >= 0.6 is 0 Å². The Bertz CT molecular complexity index is 1130. The molecule has 2 aromatic carbocycles. The van der Waals surface area contributed by atoms with Gasteiger partial charge in [0, 0.05) is 56.2 Å². The van der Waals surface area contributed by atoms with Crippen molar-refractivity contribution in [3.63, 3.8) is 0 Å². The molecule has 0 aliphatic carbocycles. The van der Waals surface area contributed by atoms with E-state index in [0.717, 1.165) is 23.4 Å². The summed E-state index contributed by atoms with van der Waals surface area (Å²) >= 11 is 0. The number of fused-ring (bicyclic) bond motifs is 3. The quantitative estimate of drug-likeness (QED) is 0.485. The third-order valence-corrected chi connectivity index (χ3v) is 7.10. The third-order valence-electron chi connectivity index (χ3n) is 7.10. The van der Waals surface area contributed by atoms with Crippen molar-refractivity contribution >= 4 is 23.0 Å². The van der Waals surface area contributed by atoms with Gasteiger partial charge < -0.3 is 19.4 Å². The monoisotopic (exact) mass is 490 g/mol. The number of amides is 1. The molecule has 0 radical (unpaired) electrons. The standard InChI is InChI=1S/C24H25F3N4O4/c25-24(26,27)17-2-1-3-18(14-17)28-6-8-29(9-7-28)23(32)20-13-16-12-19(31(33)34)4-5-21(16)30-10-11-35-15-22(20)30/h1-5,12,14,20,22H,6-11,13,15H2/t20-,22+/m1/s1.